The van der Waals surface area contributed by atoms with Gasteiger partial charge in [-0.2, -0.15) is 0 Å². The third kappa shape index (κ3) is 3.06. The lowest BCUT2D eigenvalue weighted by atomic mass is 10.1. The molecule has 4 atom stereocenters. The van der Waals surface area contributed by atoms with Crippen molar-refractivity contribution >= 4 is 19.0 Å². The van der Waals surface area contributed by atoms with Gasteiger partial charge in [0.2, 0.25) is 0 Å². The highest BCUT2D eigenvalue weighted by Gasteiger charge is 2.45. The molecule has 14 heteroatoms. The van der Waals surface area contributed by atoms with Crippen molar-refractivity contribution in [1.82, 2.24) is 19.5 Å². The standard InChI is InChI=1S/C10H13N4O9P/c15-5-3(1-22-24(19,20)21)23-9(6(5)16)14-2-11-4-7(14)12-10(18)13-8(4)17/h2-3,5-6,9,15-16H,1H2,(H2,19,20,21)(H2,12,13,17,18)/t3-,5-,6-,9-/m1/s1. The highest BCUT2D eigenvalue weighted by atomic mass is 31.2. The number of rotatable bonds is 4. The molecule has 0 unspecified atom stereocenters. The summed E-state index contributed by atoms with van der Waals surface area (Å²) in [7, 11) is -4.78. The molecule has 0 amide bonds. The molecule has 24 heavy (non-hydrogen) atoms. The Balaban J connectivity index is 1.92. The Morgan fingerprint density at radius 2 is 2.00 bits per heavy atom. The SMILES string of the molecule is O=c1[nH]c(=O)c2ncn([C@@H]3O[C@H](COP(=O)(O)O)[C@@H](O)[C@H]3O)c2[nH]1. The summed E-state index contributed by atoms with van der Waals surface area (Å²) in [5.74, 6) is 0. The zero-order valence-electron chi connectivity index (χ0n) is 11.8. The molecule has 0 radical (unpaired) electrons. The molecule has 2 aromatic rings. The molecule has 0 aromatic carbocycles. The van der Waals surface area contributed by atoms with Gasteiger partial charge in [0, 0.05) is 0 Å². The number of hydrogen-bond acceptors (Lipinski definition) is 8. The molecule has 0 spiro atoms. The van der Waals surface area contributed by atoms with Crippen LogP contribution in [0.2, 0.25) is 0 Å². The molecule has 1 fully saturated rings. The van der Waals surface area contributed by atoms with Gasteiger partial charge in [-0.15, -0.1) is 0 Å². The van der Waals surface area contributed by atoms with E-state index in [4.69, 9.17) is 14.5 Å². The summed E-state index contributed by atoms with van der Waals surface area (Å²) in [5, 5.41) is 20.0. The van der Waals surface area contributed by atoms with Crippen molar-refractivity contribution < 1.29 is 33.8 Å². The molecule has 1 aliphatic heterocycles. The Kier molecular flexibility index (Phi) is 4.17. The maximum absolute atomic E-state index is 11.6. The monoisotopic (exact) mass is 364 g/mol. The predicted octanol–water partition coefficient (Wildman–Crippen LogP) is -2.86. The summed E-state index contributed by atoms with van der Waals surface area (Å²) in [6, 6.07) is 0. The normalized spacial score (nSPS) is 27.8. The van der Waals surface area contributed by atoms with E-state index in [1.807, 2.05) is 4.98 Å². The van der Waals surface area contributed by atoms with E-state index in [1.165, 1.54) is 0 Å². The fourth-order valence-corrected chi connectivity index (χ4v) is 2.75. The quantitative estimate of drug-likeness (QED) is 0.307. The average molecular weight is 364 g/mol. The second-order valence-corrected chi connectivity index (χ2v) is 6.33. The first-order chi connectivity index (χ1) is 11.2. The first-order valence-electron chi connectivity index (χ1n) is 6.58. The zero-order valence-corrected chi connectivity index (χ0v) is 12.7. The highest BCUT2D eigenvalue weighted by Crippen LogP contribution is 2.38. The van der Waals surface area contributed by atoms with Gasteiger partial charge in [-0.3, -0.25) is 23.9 Å². The van der Waals surface area contributed by atoms with Gasteiger partial charge in [-0.05, 0) is 0 Å². The molecule has 13 nitrogen and oxygen atoms in total. The second kappa shape index (κ2) is 5.89. The van der Waals surface area contributed by atoms with Crippen LogP contribution < -0.4 is 11.2 Å². The van der Waals surface area contributed by atoms with Crippen molar-refractivity contribution in [3.63, 3.8) is 0 Å². The van der Waals surface area contributed by atoms with Crippen molar-refractivity contribution in [3.8, 4) is 0 Å². The van der Waals surface area contributed by atoms with Crippen LogP contribution in [0.3, 0.4) is 0 Å². The summed E-state index contributed by atoms with van der Waals surface area (Å²) < 4.78 is 21.4. The van der Waals surface area contributed by atoms with Crippen LogP contribution in [0, 0.1) is 0 Å². The molecule has 2 aromatic heterocycles. The Morgan fingerprint density at radius 3 is 2.67 bits per heavy atom. The Labute approximate surface area is 131 Å². The van der Waals surface area contributed by atoms with Crippen molar-refractivity contribution in [2.24, 2.45) is 0 Å². The summed E-state index contributed by atoms with van der Waals surface area (Å²) in [6.45, 7) is -0.678. The van der Waals surface area contributed by atoms with Crippen LogP contribution in [0.1, 0.15) is 6.23 Å². The first-order valence-corrected chi connectivity index (χ1v) is 8.11. The Hall–Kier alpha value is -1.86. The molecule has 0 aliphatic carbocycles. The summed E-state index contributed by atoms with van der Waals surface area (Å²) >= 11 is 0. The van der Waals surface area contributed by atoms with E-state index >= 15 is 0 Å². The van der Waals surface area contributed by atoms with E-state index in [2.05, 4.69) is 14.5 Å². The Morgan fingerprint density at radius 1 is 1.29 bits per heavy atom. The van der Waals surface area contributed by atoms with Crippen molar-refractivity contribution in [3.05, 3.63) is 27.2 Å². The van der Waals surface area contributed by atoms with Crippen LogP contribution in [0.4, 0.5) is 0 Å². The largest absolute Gasteiger partial charge is 0.469 e. The maximum Gasteiger partial charge on any atom is 0.469 e. The summed E-state index contributed by atoms with van der Waals surface area (Å²) in [5.41, 5.74) is -1.71. The van der Waals surface area contributed by atoms with Crippen LogP contribution in [0.5, 0.6) is 0 Å². The van der Waals surface area contributed by atoms with Gasteiger partial charge in [0.25, 0.3) is 5.56 Å². The molecule has 0 bridgehead atoms. The molecular formula is C10H13N4O9P. The second-order valence-electron chi connectivity index (χ2n) is 5.09. The minimum atomic E-state index is -4.78. The Bertz CT molecular complexity index is 913. The number of fused-ring (bicyclic) bond motifs is 1. The molecule has 6 N–H and O–H groups in total. The van der Waals surface area contributed by atoms with E-state index in [0.717, 1.165) is 10.9 Å². The number of hydrogen-bond donors (Lipinski definition) is 6. The van der Waals surface area contributed by atoms with E-state index in [0.29, 0.717) is 0 Å². The topological polar surface area (TPSA) is 200 Å². The summed E-state index contributed by atoms with van der Waals surface area (Å²) in [6.07, 6.45) is -4.43. The number of aromatic amines is 2. The number of ether oxygens (including phenoxy) is 1. The summed E-state index contributed by atoms with van der Waals surface area (Å²) in [4.78, 5) is 48.5. The van der Waals surface area contributed by atoms with Gasteiger partial charge in [0.15, 0.2) is 11.7 Å². The molecule has 0 saturated carbocycles. The molecule has 1 aliphatic rings. The molecule has 132 valence electrons. The van der Waals surface area contributed by atoms with E-state index in [9.17, 15) is 24.4 Å². The van der Waals surface area contributed by atoms with Crippen LogP contribution >= 0.6 is 7.82 Å². The fourth-order valence-electron chi connectivity index (χ4n) is 2.41. The lowest BCUT2D eigenvalue weighted by molar-refractivity contribution is -0.0504. The molecule has 1 saturated heterocycles. The number of nitrogens with zero attached hydrogens (tertiary/aromatic N) is 2. The first kappa shape index (κ1) is 17.0. The van der Waals surface area contributed by atoms with Gasteiger partial charge in [-0.1, -0.05) is 0 Å². The third-order valence-corrected chi connectivity index (χ3v) is 3.97. The lowest BCUT2D eigenvalue weighted by Crippen LogP contribution is -2.33. The van der Waals surface area contributed by atoms with Crippen molar-refractivity contribution in [1.29, 1.82) is 0 Å². The number of phosphoric acid groups is 1. The fraction of sp³-hybridized carbons (Fsp3) is 0.500. The third-order valence-electron chi connectivity index (χ3n) is 3.49. The van der Waals surface area contributed by atoms with Crippen molar-refractivity contribution in [2.75, 3.05) is 6.61 Å². The highest BCUT2D eigenvalue weighted by molar-refractivity contribution is 7.46. The molecule has 3 rings (SSSR count). The number of H-pyrrole nitrogens is 2. The number of aromatic nitrogens is 4. The van der Waals surface area contributed by atoms with Gasteiger partial charge in [0.1, 0.15) is 24.0 Å². The number of nitrogens with one attached hydrogen (secondary N) is 2. The van der Waals surface area contributed by atoms with E-state index in [1.54, 1.807) is 0 Å². The van der Waals surface area contributed by atoms with Gasteiger partial charge >= 0.3 is 13.5 Å². The molecule has 3 heterocycles. The minimum absolute atomic E-state index is 0.0449. The minimum Gasteiger partial charge on any atom is -0.387 e. The van der Waals surface area contributed by atoms with Gasteiger partial charge in [0.05, 0.1) is 12.9 Å². The van der Waals surface area contributed by atoms with Crippen LogP contribution in [0.25, 0.3) is 11.2 Å². The maximum atomic E-state index is 11.6. The van der Waals surface area contributed by atoms with Crippen LogP contribution in [0.15, 0.2) is 15.9 Å². The smallest absolute Gasteiger partial charge is 0.387 e. The predicted molar refractivity (Wildman–Crippen MR) is 74.9 cm³/mol. The average Bonchev–Trinajstić information content (AvgIpc) is 3.00. The number of imidazole rings is 1. The van der Waals surface area contributed by atoms with Crippen molar-refractivity contribution in [2.45, 2.75) is 24.5 Å². The number of aliphatic hydroxyl groups excluding tert-OH is 2. The number of aliphatic hydroxyl groups is 2. The number of phosphoric ester groups is 1. The van der Waals surface area contributed by atoms with Crippen LogP contribution in [-0.4, -0.2) is 64.4 Å². The molecular weight excluding hydrogens is 351 g/mol. The lowest BCUT2D eigenvalue weighted by Gasteiger charge is -2.16. The van der Waals surface area contributed by atoms with E-state index in [-0.39, 0.29) is 11.2 Å². The van der Waals surface area contributed by atoms with Gasteiger partial charge in [-0.25, -0.2) is 14.3 Å². The zero-order chi connectivity index (χ0) is 17.6. The van der Waals surface area contributed by atoms with Crippen LogP contribution in [-0.2, 0) is 13.8 Å². The van der Waals surface area contributed by atoms with E-state index < -0.39 is 50.2 Å². The van der Waals surface area contributed by atoms with Gasteiger partial charge < -0.3 is 24.7 Å².